The van der Waals surface area contributed by atoms with E-state index in [4.69, 9.17) is 9.47 Å². The molecule has 1 unspecified atom stereocenters. The molecule has 0 heterocycles. The average Bonchev–Trinajstić information content (AvgIpc) is 2.64. The fourth-order valence-corrected chi connectivity index (χ4v) is 3.25. The van der Waals surface area contributed by atoms with Gasteiger partial charge in [-0.2, -0.15) is 0 Å². The molecule has 0 saturated heterocycles. The molecule has 0 spiro atoms. The van der Waals surface area contributed by atoms with E-state index in [9.17, 15) is 0 Å². The van der Waals surface area contributed by atoms with Crippen molar-refractivity contribution in [2.24, 2.45) is 0 Å². The zero-order valence-corrected chi connectivity index (χ0v) is 15.0. The third-order valence-electron chi connectivity index (χ3n) is 4.53. The highest BCUT2D eigenvalue weighted by atomic mass is 16.5. The van der Waals surface area contributed by atoms with Crippen LogP contribution >= 0.6 is 0 Å². The molecular weight excluding hydrogens is 296 g/mol. The topological polar surface area (TPSA) is 18.5 Å². The van der Waals surface area contributed by atoms with Crippen LogP contribution in [0, 0.1) is 6.92 Å². The summed E-state index contributed by atoms with van der Waals surface area (Å²) in [6.07, 6.45) is 6.74. The van der Waals surface area contributed by atoms with Crippen molar-refractivity contribution in [1.29, 1.82) is 0 Å². The fraction of sp³-hybridized carbons (Fsp3) is 0.409. The van der Waals surface area contributed by atoms with Gasteiger partial charge in [0.15, 0.2) is 0 Å². The Kier molecular flexibility index (Phi) is 7.67. The van der Waals surface area contributed by atoms with Crippen LogP contribution in [-0.4, -0.2) is 14.2 Å². The number of para-hydroxylation sites is 1. The van der Waals surface area contributed by atoms with Gasteiger partial charge in [-0.3, -0.25) is 0 Å². The fourth-order valence-electron chi connectivity index (χ4n) is 3.25. The molecule has 2 aromatic carbocycles. The van der Waals surface area contributed by atoms with Crippen LogP contribution in [0.25, 0.3) is 0 Å². The second kappa shape index (κ2) is 10.0. The molecular formula is C22H29O2. The molecule has 2 rings (SSSR count). The van der Waals surface area contributed by atoms with Gasteiger partial charge in [-0.1, -0.05) is 50.1 Å². The molecule has 0 N–H and O–H groups in total. The van der Waals surface area contributed by atoms with Gasteiger partial charge in [0, 0.05) is 0 Å². The summed E-state index contributed by atoms with van der Waals surface area (Å²) in [6, 6.07) is 16.8. The molecule has 129 valence electrons. The Bertz CT molecular complexity index is 606. The van der Waals surface area contributed by atoms with Crippen LogP contribution in [-0.2, 0) is 6.42 Å². The van der Waals surface area contributed by atoms with Gasteiger partial charge in [-0.15, -0.1) is 0 Å². The van der Waals surface area contributed by atoms with Crippen LogP contribution in [0.15, 0.2) is 48.5 Å². The minimum absolute atomic E-state index is 0.531. The number of methoxy groups -OCH3 is 2. The Labute approximate surface area is 146 Å². The van der Waals surface area contributed by atoms with Crippen molar-refractivity contribution in [3.05, 3.63) is 66.6 Å². The summed E-state index contributed by atoms with van der Waals surface area (Å²) in [4.78, 5) is 0. The van der Waals surface area contributed by atoms with Crippen LogP contribution < -0.4 is 9.47 Å². The summed E-state index contributed by atoms with van der Waals surface area (Å²) >= 11 is 0. The summed E-state index contributed by atoms with van der Waals surface area (Å²) in [6.45, 7) is 4.05. The molecule has 1 atom stereocenters. The number of aryl methyl sites for hydroxylation is 1. The van der Waals surface area contributed by atoms with E-state index < -0.39 is 0 Å². The molecule has 0 aliphatic heterocycles. The third-order valence-corrected chi connectivity index (χ3v) is 4.53. The molecule has 24 heavy (non-hydrogen) atoms. The summed E-state index contributed by atoms with van der Waals surface area (Å²) in [7, 11) is 3.47. The highest BCUT2D eigenvalue weighted by molar-refractivity contribution is 5.36. The van der Waals surface area contributed by atoms with E-state index in [1.54, 1.807) is 14.2 Å². The van der Waals surface area contributed by atoms with Gasteiger partial charge >= 0.3 is 0 Å². The molecule has 0 aromatic heterocycles. The maximum atomic E-state index is 5.54. The monoisotopic (exact) mass is 325 g/mol. The van der Waals surface area contributed by atoms with E-state index in [0.29, 0.717) is 5.92 Å². The van der Waals surface area contributed by atoms with Gasteiger partial charge in [-0.05, 0) is 60.9 Å². The molecule has 0 bridgehead atoms. The molecule has 0 aliphatic rings. The quantitative estimate of drug-likeness (QED) is 0.513. The Hall–Kier alpha value is -1.96. The van der Waals surface area contributed by atoms with Crippen LogP contribution in [0.1, 0.15) is 49.1 Å². The van der Waals surface area contributed by atoms with E-state index in [1.165, 1.54) is 30.4 Å². The van der Waals surface area contributed by atoms with Gasteiger partial charge < -0.3 is 9.47 Å². The Morgan fingerprint density at radius 2 is 1.75 bits per heavy atom. The standard InChI is InChI=1S/C22H29O2/c1-4-10-19(21-15-7-8-16-22(21)24-3)13-6-5-11-18-12-9-14-20(17-18)23-2/h7-9,12,14-17,19H,1,4-6,10-11,13H2,2-3H3. The Morgan fingerprint density at radius 3 is 2.50 bits per heavy atom. The lowest BCUT2D eigenvalue weighted by molar-refractivity contribution is 0.400. The lowest BCUT2D eigenvalue weighted by Gasteiger charge is -2.19. The van der Waals surface area contributed by atoms with E-state index in [0.717, 1.165) is 30.8 Å². The second-order valence-corrected chi connectivity index (χ2v) is 6.18. The van der Waals surface area contributed by atoms with E-state index in [-0.39, 0.29) is 0 Å². The number of unbranched alkanes of at least 4 members (excludes halogenated alkanes) is 1. The first-order valence-electron chi connectivity index (χ1n) is 8.83. The van der Waals surface area contributed by atoms with Crippen molar-refractivity contribution in [2.45, 2.75) is 44.4 Å². The number of rotatable bonds is 10. The zero-order valence-electron chi connectivity index (χ0n) is 15.0. The van der Waals surface area contributed by atoms with E-state index in [2.05, 4.69) is 43.3 Å². The summed E-state index contributed by atoms with van der Waals surface area (Å²) in [5.41, 5.74) is 2.67. The Morgan fingerprint density at radius 1 is 0.917 bits per heavy atom. The van der Waals surface area contributed by atoms with E-state index in [1.807, 2.05) is 12.1 Å². The number of hydrogen-bond acceptors (Lipinski definition) is 2. The highest BCUT2D eigenvalue weighted by Gasteiger charge is 2.14. The molecule has 2 aromatic rings. The molecule has 0 amide bonds. The lowest BCUT2D eigenvalue weighted by atomic mass is 9.88. The summed E-state index contributed by atoms with van der Waals surface area (Å²) in [5, 5.41) is 0. The molecule has 2 heteroatoms. The van der Waals surface area contributed by atoms with Crippen molar-refractivity contribution in [2.75, 3.05) is 14.2 Å². The van der Waals surface area contributed by atoms with Gasteiger partial charge in [0.2, 0.25) is 0 Å². The largest absolute Gasteiger partial charge is 0.497 e. The van der Waals surface area contributed by atoms with Crippen molar-refractivity contribution in [1.82, 2.24) is 0 Å². The van der Waals surface area contributed by atoms with Crippen molar-refractivity contribution in [3.8, 4) is 11.5 Å². The minimum Gasteiger partial charge on any atom is -0.497 e. The average molecular weight is 325 g/mol. The molecule has 0 fully saturated rings. The lowest BCUT2D eigenvalue weighted by Crippen LogP contribution is -2.02. The van der Waals surface area contributed by atoms with Gasteiger partial charge in [0.25, 0.3) is 0 Å². The van der Waals surface area contributed by atoms with Gasteiger partial charge in [-0.25, -0.2) is 0 Å². The zero-order chi connectivity index (χ0) is 17.2. The van der Waals surface area contributed by atoms with Crippen LogP contribution in [0.2, 0.25) is 0 Å². The maximum Gasteiger partial charge on any atom is 0.122 e. The summed E-state index contributed by atoms with van der Waals surface area (Å²) in [5.74, 6) is 2.48. The van der Waals surface area contributed by atoms with Crippen LogP contribution in [0.4, 0.5) is 0 Å². The predicted molar refractivity (Wildman–Crippen MR) is 101 cm³/mol. The Balaban J connectivity index is 1.89. The maximum absolute atomic E-state index is 5.54. The molecule has 2 nitrogen and oxygen atoms in total. The molecule has 0 aliphatic carbocycles. The molecule has 0 saturated carbocycles. The van der Waals surface area contributed by atoms with Crippen molar-refractivity contribution in [3.63, 3.8) is 0 Å². The third kappa shape index (κ3) is 5.30. The normalized spacial score (nSPS) is 12.0. The number of ether oxygens (including phenoxy) is 2. The smallest absolute Gasteiger partial charge is 0.122 e. The van der Waals surface area contributed by atoms with Gasteiger partial charge in [0.05, 0.1) is 14.2 Å². The predicted octanol–water partition coefficient (Wildman–Crippen LogP) is 5.81. The first-order chi connectivity index (χ1) is 11.8. The van der Waals surface area contributed by atoms with E-state index >= 15 is 0 Å². The van der Waals surface area contributed by atoms with Crippen molar-refractivity contribution < 1.29 is 9.47 Å². The summed E-state index contributed by atoms with van der Waals surface area (Å²) < 4.78 is 10.8. The van der Waals surface area contributed by atoms with Crippen molar-refractivity contribution >= 4 is 0 Å². The SMILES string of the molecule is [CH2]CCC(CCCCc1cccc(OC)c1)c1ccccc1OC. The first-order valence-corrected chi connectivity index (χ1v) is 8.83. The highest BCUT2D eigenvalue weighted by Crippen LogP contribution is 2.33. The van der Waals surface area contributed by atoms with Crippen LogP contribution in [0.5, 0.6) is 11.5 Å². The number of hydrogen-bond donors (Lipinski definition) is 0. The first kappa shape index (κ1) is 18.4. The molecule has 1 radical (unpaired) electrons. The minimum atomic E-state index is 0.531. The number of benzene rings is 2. The second-order valence-electron chi connectivity index (χ2n) is 6.18. The van der Waals surface area contributed by atoms with Gasteiger partial charge in [0.1, 0.15) is 11.5 Å². The van der Waals surface area contributed by atoms with Crippen LogP contribution in [0.3, 0.4) is 0 Å².